The summed E-state index contributed by atoms with van der Waals surface area (Å²) in [5.41, 5.74) is 0.749. The molecular formula is C14H19NO4. The first kappa shape index (κ1) is 15.0. The smallest absolute Gasteiger partial charge is 0.328 e. The zero-order chi connectivity index (χ0) is 14.3. The fourth-order valence-electron chi connectivity index (χ4n) is 1.41. The zero-order valence-electron chi connectivity index (χ0n) is 11.4. The van der Waals surface area contributed by atoms with E-state index in [4.69, 9.17) is 14.6 Å². The van der Waals surface area contributed by atoms with Crippen LogP contribution in [0.4, 0.5) is 0 Å². The largest absolute Gasteiger partial charge is 0.493 e. The lowest BCUT2D eigenvalue weighted by molar-refractivity contribution is -0.131. The minimum Gasteiger partial charge on any atom is -0.493 e. The van der Waals surface area contributed by atoms with Gasteiger partial charge >= 0.3 is 5.97 Å². The van der Waals surface area contributed by atoms with Gasteiger partial charge in [-0.2, -0.15) is 0 Å². The molecule has 5 heteroatoms. The van der Waals surface area contributed by atoms with Crippen molar-refractivity contribution in [3.8, 4) is 11.5 Å². The molecule has 0 radical (unpaired) electrons. The predicted octanol–water partition coefficient (Wildman–Crippen LogP) is 1.73. The van der Waals surface area contributed by atoms with Gasteiger partial charge in [-0.05, 0) is 37.9 Å². The second-order valence-corrected chi connectivity index (χ2v) is 4.23. The third kappa shape index (κ3) is 5.44. The van der Waals surface area contributed by atoms with Crippen LogP contribution in [0.5, 0.6) is 11.5 Å². The molecule has 0 spiro atoms. The quantitative estimate of drug-likeness (QED) is 0.761. The van der Waals surface area contributed by atoms with Gasteiger partial charge in [0.2, 0.25) is 0 Å². The number of carbonyl (C=O) groups is 1. The van der Waals surface area contributed by atoms with Gasteiger partial charge in [0, 0.05) is 12.6 Å². The van der Waals surface area contributed by atoms with Crippen LogP contribution in [0, 0.1) is 0 Å². The fourth-order valence-corrected chi connectivity index (χ4v) is 1.41. The van der Waals surface area contributed by atoms with Gasteiger partial charge in [-0.25, -0.2) is 4.79 Å². The van der Waals surface area contributed by atoms with E-state index < -0.39 is 5.97 Å². The number of rotatable bonds is 7. The second-order valence-electron chi connectivity index (χ2n) is 4.23. The molecule has 1 rings (SSSR count). The van der Waals surface area contributed by atoms with Crippen molar-refractivity contribution >= 4 is 12.0 Å². The summed E-state index contributed by atoms with van der Waals surface area (Å²) in [6, 6.07) is 5.30. The highest BCUT2D eigenvalue weighted by atomic mass is 16.5. The van der Waals surface area contributed by atoms with Crippen molar-refractivity contribution in [2.45, 2.75) is 0 Å². The maximum atomic E-state index is 10.5. The van der Waals surface area contributed by atoms with Crippen molar-refractivity contribution in [3.63, 3.8) is 0 Å². The molecule has 1 aromatic carbocycles. The summed E-state index contributed by atoms with van der Waals surface area (Å²) in [7, 11) is 5.50. The maximum absolute atomic E-state index is 10.5. The summed E-state index contributed by atoms with van der Waals surface area (Å²) in [6.45, 7) is 1.37. The van der Waals surface area contributed by atoms with Crippen LogP contribution in [0.15, 0.2) is 24.3 Å². The Hall–Kier alpha value is -2.01. The highest BCUT2D eigenvalue weighted by Gasteiger charge is 2.05. The normalized spacial score (nSPS) is 10.9. The number of nitrogens with zero attached hydrogens (tertiary/aromatic N) is 1. The first-order chi connectivity index (χ1) is 9.02. The van der Waals surface area contributed by atoms with Crippen molar-refractivity contribution in [3.05, 3.63) is 29.8 Å². The Morgan fingerprint density at radius 3 is 2.68 bits per heavy atom. The van der Waals surface area contributed by atoms with E-state index in [0.29, 0.717) is 18.1 Å². The van der Waals surface area contributed by atoms with E-state index in [2.05, 4.69) is 0 Å². The summed E-state index contributed by atoms with van der Waals surface area (Å²) in [4.78, 5) is 12.5. The van der Waals surface area contributed by atoms with Crippen molar-refractivity contribution in [2.75, 3.05) is 34.4 Å². The summed E-state index contributed by atoms with van der Waals surface area (Å²) in [5, 5.41) is 8.58. The Balaban J connectivity index is 2.75. The van der Waals surface area contributed by atoms with Gasteiger partial charge in [0.1, 0.15) is 6.61 Å². The van der Waals surface area contributed by atoms with Crippen LogP contribution < -0.4 is 9.47 Å². The van der Waals surface area contributed by atoms with E-state index >= 15 is 0 Å². The highest BCUT2D eigenvalue weighted by molar-refractivity contribution is 5.85. The second kappa shape index (κ2) is 7.43. The molecule has 19 heavy (non-hydrogen) atoms. The van der Waals surface area contributed by atoms with E-state index in [0.717, 1.165) is 18.2 Å². The summed E-state index contributed by atoms with van der Waals surface area (Å²) < 4.78 is 10.8. The van der Waals surface area contributed by atoms with Crippen molar-refractivity contribution in [1.29, 1.82) is 0 Å². The molecule has 104 valence electrons. The van der Waals surface area contributed by atoms with Gasteiger partial charge < -0.3 is 19.5 Å². The molecule has 0 amide bonds. The Kier molecular flexibility index (Phi) is 5.89. The van der Waals surface area contributed by atoms with Crippen molar-refractivity contribution in [1.82, 2.24) is 4.90 Å². The Morgan fingerprint density at radius 2 is 2.11 bits per heavy atom. The van der Waals surface area contributed by atoms with E-state index in [-0.39, 0.29) is 0 Å². The molecule has 1 N–H and O–H groups in total. The van der Waals surface area contributed by atoms with Crippen molar-refractivity contribution in [2.24, 2.45) is 0 Å². The molecule has 0 saturated carbocycles. The highest BCUT2D eigenvalue weighted by Crippen LogP contribution is 2.28. The minimum absolute atomic E-state index is 0.563. The van der Waals surface area contributed by atoms with Gasteiger partial charge in [-0.15, -0.1) is 0 Å². The molecule has 0 saturated heterocycles. The molecule has 0 fully saturated rings. The van der Waals surface area contributed by atoms with Crippen LogP contribution in [0.1, 0.15) is 5.56 Å². The first-order valence-corrected chi connectivity index (χ1v) is 5.89. The summed E-state index contributed by atoms with van der Waals surface area (Å²) >= 11 is 0. The summed E-state index contributed by atoms with van der Waals surface area (Å²) in [5.74, 6) is 0.258. The number of aliphatic carboxylic acids is 1. The van der Waals surface area contributed by atoms with Gasteiger partial charge in [-0.3, -0.25) is 0 Å². The molecule has 0 bridgehead atoms. The van der Waals surface area contributed by atoms with Crippen LogP contribution in [0.2, 0.25) is 0 Å². The number of hydrogen-bond donors (Lipinski definition) is 1. The van der Waals surface area contributed by atoms with E-state index in [9.17, 15) is 4.79 Å². The number of carboxylic acids is 1. The molecule has 0 unspecified atom stereocenters. The number of carboxylic acid groups (broad SMARTS) is 1. The van der Waals surface area contributed by atoms with E-state index in [1.54, 1.807) is 25.3 Å². The maximum Gasteiger partial charge on any atom is 0.328 e. The SMILES string of the molecule is COc1cc(C=CC(=O)O)ccc1OCCN(C)C. The van der Waals surface area contributed by atoms with Gasteiger partial charge in [0.05, 0.1) is 7.11 Å². The fraction of sp³-hybridized carbons (Fsp3) is 0.357. The molecule has 0 heterocycles. The molecule has 1 aromatic rings. The monoisotopic (exact) mass is 265 g/mol. The van der Waals surface area contributed by atoms with Crippen LogP contribution in [-0.2, 0) is 4.79 Å². The molecular weight excluding hydrogens is 246 g/mol. The lowest BCUT2D eigenvalue weighted by Crippen LogP contribution is -2.19. The standard InChI is InChI=1S/C14H19NO4/c1-15(2)8-9-19-12-6-4-11(5-7-14(16)17)10-13(12)18-3/h4-7,10H,8-9H2,1-3H3,(H,16,17). The molecule has 5 nitrogen and oxygen atoms in total. The predicted molar refractivity (Wildman–Crippen MR) is 73.7 cm³/mol. The lowest BCUT2D eigenvalue weighted by Gasteiger charge is -2.13. The number of ether oxygens (including phenoxy) is 2. The molecule has 0 atom stereocenters. The lowest BCUT2D eigenvalue weighted by atomic mass is 10.2. The average molecular weight is 265 g/mol. The number of likely N-dealkylation sites (N-methyl/N-ethyl adjacent to an activating group) is 1. The Labute approximate surface area is 113 Å². The third-order valence-electron chi connectivity index (χ3n) is 2.40. The Morgan fingerprint density at radius 1 is 1.37 bits per heavy atom. The topological polar surface area (TPSA) is 59.0 Å². The zero-order valence-corrected chi connectivity index (χ0v) is 11.4. The first-order valence-electron chi connectivity index (χ1n) is 5.89. The number of hydrogen-bond acceptors (Lipinski definition) is 4. The number of benzene rings is 1. The van der Waals surface area contributed by atoms with E-state index in [1.807, 2.05) is 19.0 Å². The molecule has 0 aliphatic rings. The molecule has 0 aliphatic heterocycles. The van der Waals surface area contributed by atoms with Gasteiger partial charge in [-0.1, -0.05) is 6.07 Å². The van der Waals surface area contributed by atoms with Crippen LogP contribution >= 0.6 is 0 Å². The van der Waals surface area contributed by atoms with Crippen LogP contribution in [-0.4, -0.2) is 50.3 Å². The third-order valence-corrected chi connectivity index (χ3v) is 2.40. The Bertz CT molecular complexity index is 455. The van der Waals surface area contributed by atoms with Crippen molar-refractivity contribution < 1.29 is 19.4 Å². The van der Waals surface area contributed by atoms with Crippen LogP contribution in [0.3, 0.4) is 0 Å². The van der Waals surface area contributed by atoms with Gasteiger partial charge in [0.15, 0.2) is 11.5 Å². The van der Waals surface area contributed by atoms with E-state index in [1.165, 1.54) is 6.08 Å². The number of methoxy groups -OCH3 is 1. The molecule has 0 aliphatic carbocycles. The summed E-state index contributed by atoms with van der Waals surface area (Å²) in [6.07, 6.45) is 2.59. The molecule has 0 aromatic heterocycles. The minimum atomic E-state index is -0.981. The van der Waals surface area contributed by atoms with Crippen LogP contribution in [0.25, 0.3) is 6.08 Å². The van der Waals surface area contributed by atoms with Gasteiger partial charge in [0.25, 0.3) is 0 Å². The average Bonchev–Trinajstić information content (AvgIpc) is 2.36.